The van der Waals surface area contributed by atoms with Crippen LogP contribution < -0.4 is 5.32 Å². The zero-order chi connectivity index (χ0) is 14.8. The largest absolute Gasteiger partial charge is 0.407 e. The summed E-state index contributed by atoms with van der Waals surface area (Å²) in [5.74, 6) is 0. The van der Waals surface area contributed by atoms with Gasteiger partial charge in [0, 0.05) is 12.2 Å². The van der Waals surface area contributed by atoms with Crippen molar-refractivity contribution in [1.82, 2.24) is 10.3 Å². The maximum atomic E-state index is 6.69. The number of aromatic nitrogens is 1. The highest BCUT2D eigenvalue weighted by molar-refractivity contribution is 6.74. The van der Waals surface area contributed by atoms with E-state index in [0.717, 1.165) is 12.2 Å². The van der Waals surface area contributed by atoms with Crippen LogP contribution in [-0.4, -0.2) is 25.9 Å². The molecule has 2 heterocycles. The quantitative estimate of drug-likeness (QED) is 0.855. The highest BCUT2D eigenvalue weighted by Gasteiger charge is 2.41. The lowest BCUT2D eigenvalue weighted by molar-refractivity contribution is 0.141. The highest BCUT2D eigenvalue weighted by Crippen LogP contribution is 2.41. The molecule has 1 N–H and O–H groups in total. The molecule has 0 spiro atoms. The zero-order valence-corrected chi connectivity index (χ0v) is 14.4. The van der Waals surface area contributed by atoms with Gasteiger partial charge in [-0.2, -0.15) is 0 Å². The van der Waals surface area contributed by atoms with E-state index in [0.29, 0.717) is 6.04 Å². The summed E-state index contributed by atoms with van der Waals surface area (Å²) in [6, 6.07) is 6.52. The Hall–Kier alpha value is -0.713. The van der Waals surface area contributed by atoms with Gasteiger partial charge in [-0.3, -0.25) is 4.98 Å². The van der Waals surface area contributed by atoms with Gasteiger partial charge >= 0.3 is 0 Å². The topological polar surface area (TPSA) is 34.1 Å². The van der Waals surface area contributed by atoms with Gasteiger partial charge in [0.25, 0.3) is 0 Å². The lowest BCUT2D eigenvalue weighted by Gasteiger charge is -2.40. The van der Waals surface area contributed by atoms with E-state index in [1.54, 1.807) is 0 Å². The first-order valence-corrected chi connectivity index (χ1v) is 10.5. The average Bonchev–Trinajstić information content (AvgIpc) is 2.89. The predicted octanol–water partition coefficient (Wildman–Crippen LogP) is 3.90. The fourth-order valence-corrected chi connectivity index (χ4v) is 3.63. The SMILES string of the molecule is CC(C)(C)[Si](C)(C)OC(c1ccccn1)[C@@H]1CCCN1. The molecule has 0 saturated carbocycles. The van der Waals surface area contributed by atoms with Gasteiger partial charge < -0.3 is 9.74 Å². The summed E-state index contributed by atoms with van der Waals surface area (Å²) in [5.41, 5.74) is 1.07. The van der Waals surface area contributed by atoms with Crippen molar-refractivity contribution in [2.24, 2.45) is 0 Å². The minimum absolute atomic E-state index is 0.0830. The first-order valence-electron chi connectivity index (χ1n) is 7.63. The van der Waals surface area contributed by atoms with Gasteiger partial charge in [-0.25, -0.2) is 0 Å². The third kappa shape index (κ3) is 3.48. The number of pyridine rings is 1. The van der Waals surface area contributed by atoms with Crippen molar-refractivity contribution < 1.29 is 4.43 Å². The minimum atomic E-state index is -1.80. The number of rotatable bonds is 4. The predicted molar refractivity (Wildman–Crippen MR) is 86.3 cm³/mol. The highest BCUT2D eigenvalue weighted by atomic mass is 28.4. The summed E-state index contributed by atoms with van der Waals surface area (Å²) in [5, 5.41) is 3.81. The summed E-state index contributed by atoms with van der Waals surface area (Å²) in [6.45, 7) is 12.6. The first-order chi connectivity index (χ1) is 9.31. The second kappa shape index (κ2) is 5.96. The molecule has 0 aromatic carbocycles. The summed E-state index contributed by atoms with van der Waals surface area (Å²) in [6.07, 6.45) is 4.36. The number of hydrogen-bond donors (Lipinski definition) is 1. The lowest BCUT2D eigenvalue weighted by Crippen LogP contribution is -2.45. The van der Waals surface area contributed by atoms with Crippen LogP contribution in [0.25, 0.3) is 0 Å². The van der Waals surface area contributed by atoms with Crippen molar-refractivity contribution in [2.75, 3.05) is 6.54 Å². The van der Waals surface area contributed by atoms with Gasteiger partial charge in [0.15, 0.2) is 8.32 Å². The minimum Gasteiger partial charge on any atom is -0.407 e. The van der Waals surface area contributed by atoms with Crippen molar-refractivity contribution in [1.29, 1.82) is 0 Å². The van der Waals surface area contributed by atoms with Crippen LogP contribution in [-0.2, 0) is 4.43 Å². The standard InChI is InChI=1S/C16H28N2OSi/c1-16(2,3)20(4,5)19-15(14-10-8-12-18-14)13-9-6-7-11-17-13/h6-7,9,11,14-15,18H,8,10,12H2,1-5H3/t14-,15?/m0/s1. The second-order valence-corrected chi connectivity index (χ2v) is 12.0. The van der Waals surface area contributed by atoms with Crippen LogP contribution >= 0.6 is 0 Å². The van der Waals surface area contributed by atoms with E-state index >= 15 is 0 Å². The number of nitrogens with one attached hydrogen (secondary N) is 1. The Morgan fingerprint density at radius 2 is 2.10 bits per heavy atom. The Kier molecular flexibility index (Phi) is 4.67. The molecule has 1 fully saturated rings. The van der Waals surface area contributed by atoms with Crippen LogP contribution in [0.3, 0.4) is 0 Å². The van der Waals surface area contributed by atoms with Crippen molar-refractivity contribution >= 4 is 8.32 Å². The Bertz CT molecular complexity index is 422. The maximum Gasteiger partial charge on any atom is 0.193 e. The van der Waals surface area contributed by atoms with Gasteiger partial charge in [-0.1, -0.05) is 26.8 Å². The van der Waals surface area contributed by atoms with E-state index in [4.69, 9.17) is 4.43 Å². The molecule has 0 amide bonds. The molecule has 1 saturated heterocycles. The maximum absolute atomic E-state index is 6.69. The van der Waals surface area contributed by atoms with E-state index in [2.05, 4.69) is 56.3 Å². The molecule has 1 aromatic heterocycles. The Labute approximate surface area is 124 Å². The third-order valence-electron chi connectivity index (χ3n) is 4.67. The first kappa shape index (κ1) is 15.7. The molecular formula is C16H28N2OSi. The van der Waals surface area contributed by atoms with Crippen LogP contribution in [0, 0.1) is 0 Å². The van der Waals surface area contributed by atoms with Gasteiger partial charge in [0.2, 0.25) is 0 Å². The zero-order valence-electron chi connectivity index (χ0n) is 13.4. The van der Waals surface area contributed by atoms with Crippen molar-refractivity contribution in [3.8, 4) is 0 Å². The van der Waals surface area contributed by atoms with Crippen LogP contribution in [0.5, 0.6) is 0 Å². The number of hydrogen-bond acceptors (Lipinski definition) is 3. The van der Waals surface area contributed by atoms with Gasteiger partial charge in [-0.05, 0) is 49.7 Å². The van der Waals surface area contributed by atoms with Crippen molar-refractivity contribution in [3.63, 3.8) is 0 Å². The molecule has 0 bridgehead atoms. The van der Waals surface area contributed by atoms with Crippen LogP contribution in [0.15, 0.2) is 24.4 Å². The Balaban J connectivity index is 2.24. The van der Waals surface area contributed by atoms with E-state index < -0.39 is 8.32 Å². The molecule has 1 aliphatic rings. The molecular weight excluding hydrogens is 264 g/mol. The molecule has 112 valence electrons. The Morgan fingerprint density at radius 3 is 2.60 bits per heavy atom. The van der Waals surface area contributed by atoms with Crippen LogP contribution in [0.1, 0.15) is 45.4 Å². The molecule has 3 nitrogen and oxygen atoms in total. The van der Waals surface area contributed by atoms with E-state index in [1.165, 1.54) is 12.8 Å². The molecule has 1 aromatic rings. The smallest absolute Gasteiger partial charge is 0.193 e. The fraction of sp³-hybridized carbons (Fsp3) is 0.688. The third-order valence-corrected chi connectivity index (χ3v) is 9.13. The van der Waals surface area contributed by atoms with Crippen molar-refractivity contribution in [2.45, 2.75) is 63.9 Å². The fourth-order valence-electron chi connectivity index (χ4n) is 2.36. The molecule has 2 atom stereocenters. The summed E-state index contributed by atoms with van der Waals surface area (Å²) in [4.78, 5) is 4.55. The average molecular weight is 292 g/mol. The summed E-state index contributed by atoms with van der Waals surface area (Å²) in [7, 11) is -1.80. The van der Waals surface area contributed by atoms with Crippen LogP contribution in [0.4, 0.5) is 0 Å². The second-order valence-electron chi connectivity index (χ2n) is 7.26. The summed E-state index contributed by atoms with van der Waals surface area (Å²) < 4.78 is 6.69. The number of nitrogens with zero attached hydrogens (tertiary/aromatic N) is 1. The molecule has 0 radical (unpaired) electrons. The molecule has 1 aliphatic heterocycles. The lowest BCUT2D eigenvalue weighted by atomic mass is 10.1. The van der Waals surface area contributed by atoms with Gasteiger partial charge in [-0.15, -0.1) is 0 Å². The van der Waals surface area contributed by atoms with Gasteiger partial charge in [0.1, 0.15) is 6.10 Å². The Morgan fingerprint density at radius 1 is 1.35 bits per heavy atom. The monoisotopic (exact) mass is 292 g/mol. The molecule has 1 unspecified atom stereocenters. The van der Waals surface area contributed by atoms with E-state index in [1.807, 2.05) is 12.3 Å². The van der Waals surface area contributed by atoms with Crippen LogP contribution in [0.2, 0.25) is 18.1 Å². The summed E-state index contributed by atoms with van der Waals surface area (Å²) >= 11 is 0. The van der Waals surface area contributed by atoms with Gasteiger partial charge in [0.05, 0.1) is 5.69 Å². The molecule has 20 heavy (non-hydrogen) atoms. The molecule has 4 heteroatoms. The molecule has 2 rings (SSSR count). The molecule has 0 aliphatic carbocycles. The van der Waals surface area contributed by atoms with E-state index in [-0.39, 0.29) is 11.1 Å². The van der Waals surface area contributed by atoms with Crippen molar-refractivity contribution in [3.05, 3.63) is 30.1 Å². The normalized spacial score (nSPS) is 21.9. The van der Waals surface area contributed by atoms with E-state index in [9.17, 15) is 0 Å².